The number of hydrogen-bond donors (Lipinski definition) is 4. The molecule has 2 rings (SSSR count). The number of aliphatic imine (C=N–C) groups is 1. The van der Waals surface area contributed by atoms with Gasteiger partial charge in [0.15, 0.2) is 11.1 Å². The van der Waals surface area contributed by atoms with Crippen LogP contribution in [0, 0.1) is 6.92 Å². The molecule has 0 aliphatic carbocycles. The van der Waals surface area contributed by atoms with Gasteiger partial charge in [-0.05, 0) is 26.2 Å². The summed E-state index contributed by atoms with van der Waals surface area (Å²) in [6.07, 6.45) is -0.515. The Labute approximate surface area is 157 Å². The van der Waals surface area contributed by atoms with Crippen molar-refractivity contribution in [2.75, 3.05) is 23.7 Å². The molecule has 12 heteroatoms. The van der Waals surface area contributed by atoms with Crippen molar-refractivity contribution in [1.82, 2.24) is 15.0 Å². The van der Waals surface area contributed by atoms with Gasteiger partial charge in [-0.2, -0.15) is 13.2 Å². The quantitative estimate of drug-likeness (QED) is 0.305. The molecule has 2 aromatic heterocycles. The summed E-state index contributed by atoms with van der Waals surface area (Å²) in [7, 11) is 0. The number of unbranched alkanes of at least 4 members (excludes halogenated alkanes) is 1. The third-order valence-corrected chi connectivity index (χ3v) is 4.15. The van der Waals surface area contributed by atoms with Gasteiger partial charge in [-0.15, -0.1) is 11.3 Å². The van der Waals surface area contributed by atoms with E-state index in [1.807, 2.05) is 5.38 Å². The van der Waals surface area contributed by atoms with Gasteiger partial charge < -0.3 is 16.4 Å². The van der Waals surface area contributed by atoms with E-state index in [-0.39, 0.29) is 11.5 Å². The van der Waals surface area contributed by atoms with E-state index in [9.17, 15) is 18.0 Å². The topological polar surface area (TPSA) is 121 Å². The number of halogens is 3. The number of nitrogens with one attached hydrogen (secondary N) is 3. The Balaban J connectivity index is 1.70. The second-order valence-electron chi connectivity index (χ2n) is 5.71. The van der Waals surface area contributed by atoms with Gasteiger partial charge in [0.1, 0.15) is 6.54 Å². The highest BCUT2D eigenvalue weighted by Crippen LogP contribution is 2.17. The fourth-order valence-corrected chi connectivity index (χ4v) is 2.74. The molecule has 0 fully saturated rings. The molecule has 0 aliphatic rings. The molecular weight excluding hydrogens is 383 g/mol. The number of aromatic amines is 1. The predicted molar refractivity (Wildman–Crippen MR) is 99.3 cm³/mol. The first kappa shape index (κ1) is 20.7. The first-order chi connectivity index (χ1) is 12.7. The van der Waals surface area contributed by atoms with E-state index < -0.39 is 12.7 Å². The van der Waals surface area contributed by atoms with Crippen molar-refractivity contribution in [1.29, 1.82) is 0 Å². The standard InChI is InChI=1S/C15H20F3N7OS/c1-9-6-21-13(24-11(9)26)20-5-3-2-4-10-7-27-14(23-10)25-12(19)22-8-15(16,17)18/h6-7H,2-5,8H2,1H3,(H3,19,22,23,25)(H2,20,21,24,26). The van der Waals surface area contributed by atoms with Crippen LogP contribution >= 0.6 is 11.3 Å². The number of hydrogen-bond acceptors (Lipinski definition) is 6. The Morgan fingerprint density at radius 3 is 2.89 bits per heavy atom. The zero-order valence-electron chi connectivity index (χ0n) is 14.6. The van der Waals surface area contributed by atoms with Crippen molar-refractivity contribution in [2.24, 2.45) is 10.7 Å². The van der Waals surface area contributed by atoms with Crippen LogP contribution in [0.1, 0.15) is 24.1 Å². The lowest BCUT2D eigenvalue weighted by Crippen LogP contribution is -2.25. The van der Waals surface area contributed by atoms with Gasteiger partial charge in [-0.25, -0.2) is 15.0 Å². The van der Waals surface area contributed by atoms with E-state index in [1.165, 1.54) is 17.5 Å². The number of aryl methyl sites for hydroxylation is 2. The number of alkyl halides is 3. The highest BCUT2D eigenvalue weighted by Gasteiger charge is 2.26. The van der Waals surface area contributed by atoms with Crippen LogP contribution in [0.2, 0.25) is 0 Å². The van der Waals surface area contributed by atoms with Crippen LogP contribution in [0.4, 0.5) is 24.3 Å². The van der Waals surface area contributed by atoms with Gasteiger partial charge in [0.2, 0.25) is 5.95 Å². The molecule has 0 amide bonds. The van der Waals surface area contributed by atoms with Crippen LogP contribution in [0.25, 0.3) is 0 Å². The summed E-state index contributed by atoms with van der Waals surface area (Å²) < 4.78 is 36.2. The maximum atomic E-state index is 12.1. The molecule has 0 saturated carbocycles. The van der Waals surface area contributed by atoms with Gasteiger partial charge >= 0.3 is 6.18 Å². The first-order valence-electron chi connectivity index (χ1n) is 8.11. The molecule has 0 aliphatic heterocycles. The lowest BCUT2D eigenvalue weighted by molar-refractivity contribution is -0.118. The Bertz CT molecular complexity index is 831. The summed E-state index contributed by atoms with van der Waals surface area (Å²) in [6.45, 7) is 0.985. The normalized spacial score (nSPS) is 12.2. The number of rotatable bonds is 8. The summed E-state index contributed by atoms with van der Waals surface area (Å²) >= 11 is 1.25. The smallest absolute Gasteiger partial charge is 0.370 e. The molecule has 0 radical (unpaired) electrons. The Kier molecular flexibility index (Phi) is 7.16. The molecule has 2 heterocycles. The van der Waals surface area contributed by atoms with Crippen LogP contribution in [-0.2, 0) is 6.42 Å². The minimum Gasteiger partial charge on any atom is -0.370 e. The molecule has 2 aromatic rings. The maximum absolute atomic E-state index is 12.1. The molecule has 0 unspecified atom stereocenters. The fourth-order valence-electron chi connectivity index (χ4n) is 1.99. The van der Waals surface area contributed by atoms with E-state index in [1.54, 1.807) is 6.92 Å². The van der Waals surface area contributed by atoms with Gasteiger partial charge in [0.05, 0.1) is 5.69 Å². The zero-order chi connectivity index (χ0) is 19.9. The molecule has 0 spiro atoms. The zero-order valence-corrected chi connectivity index (χ0v) is 15.4. The lowest BCUT2D eigenvalue weighted by atomic mass is 10.2. The third-order valence-electron chi connectivity index (χ3n) is 3.34. The summed E-state index contributed by atoms with van der Waals surface area (Å²) in [5.41, 5.74) is 6.60. The van der Waals surface area contributed by atoms with Crippen molar-refractivity contribution in [2.45, 2.75) is 32.4 Å². The highest BCUT2D eigenvalue weighted by atomic mass is 32.1. The van der Waals surface area contributed by atoms with E-state index in [0.717, 1.165) is 18.5 Å². The molecule has 148 valence electrons. The molecule has 8 nitrogen and oxygen atoms in total. The average Bonchev–Trinajstić information content (AvgIpc) is 3.02. The van der Waals surface area contributed by atoms with Crippen LogP contribution in [0.3, 0.4) is 0 Å². The van der Waals surface area contributed by atoms with Crippen LogP contribution in [0.15, 0.2) is 21.4 Å². The molecular formula is C15H20F3N7OS. The van der Waals surface area contributed by atoms with Crippen molar-refractivity contribution < 1.29 is 13.2 Å². The van der Waals surface area contributed by atoms with Crippen LogP contribution < -0.4 is 21.9 Å². The van der Waals surface area contributed by atoms with Gasteiger partial charge in [-0.1, -0.05) is 0 Å². The van der Waals surface area contributed by atoms with Crippen molar-refractivity contribution in [3.63, 3.8) is 0 Å². The third kappa shape index (κ3) is 7.64. The number of nitrogens with two attached hydrogens (primary N) is 1. The lowest BCUT2D eigenvalue weighted by Gasteiger charge is -2.05. The van der Waals surface area contributed by atoms with Crippen molar-refractivity contribution >= 4 is 28.4 Å². The van der Waals surface area contributed by atoms with Crippen molar-refractivity contribution in [3.8, 4) is 0 Å². The Morgan fingerprint density at radius 2 is 2.19 bits per heavy atom. The number of aromatic nitrogens is 3. The number of guanidine groups is 1. The Morgan fingerprint density at radius 1 is 1.41 bits per heavy atom. The number of thiazole rings is 1. The van der Waals surface area contributed by atoms with E-state index in [0.29, 0.717) is 29.6 Å². The summed E-state index contributed by atoms with van der Waals surface area (Å²) in [6, 6.07) is 0. The maximum Gasteiger partial charge on any atom is 0.408 e. The number of nitrogens with zero attached hydrogens (tertiary/aromatic N) is 3. The molecule has 0 aromatic carbocycles. The largest absolute Gasteiger partial charge is 0.408 e. The number of H-pyrrole nitrogens is 1. The highest BCUT2D eigenvalue weighted by molar-refractivity contribution is 7.13. The van der Waals surface area contributed by atoms with Gasteiger partial charge in [0, 0.05) is 23.7 Å². The van der Waals surface area contributed by atoms with Gasteiger partial charge in [-0.3, -0.25) is 9.78 Å². The molecule has 0 bridgehead atoms. The van der Waals surface area contributed by atoms with Crippen LogP contribution in [-0.4, -0.2) is 40.2 Å². The monoisotopic (exact) mass is 403 g/mol. The van der Waals surface area contributed by atoms with E-state index in [4.69, 9.17) is 5.73 Å². The molecule has 27 heavy (non-hydrogen) atoms. The van der Waals surface area contributed by atoms with E-state index >= 15 is 0 Å². The summed E-state index contributed by atoms with van der Waals surface area (Å²) in [5.74, 6) is 0.108. The second kappa shape index (κ2) is 9.35. The predicted octanol–water partition coefficient (Wildman–Crippen LogP) is 2.26. The average molecular weight is 403 g/mol. The number of anilines is 2. The molecule has 5 N–H and O–H groups in total. The second-order valence-corrected chi connectivity index (χ2v) is 6.57. The fraction of sp³-hybridized carbons (Fsp3) is 0.467. The summed E-state index contributed by atoms with van der Waals surface area (Å²) in [5, 5.41) is 7.79. The van der Waals surface area contributed by atoms with E-state index in [2.05, 4.69) is 30.6 Å². The minimum atomic E-state index is -4.39. The van der Waals surface area contributed by atoms with Crippen molar-refractivity contribution in [3.05, 3.63) is 33.2 Å². The first-order valence-corrected chi connectivity index (χ1v) is 8.99. The Hall–Kier alpha value is -2.63. The minimum absolute atomic E-state index is 0.173. The molecule has 0 saturated heterocycles. The van der Waals surface area contributed by atoms with Gasteiger partial charge in [0.25, 0.3) is 5.56 Å². The molecule has 0 atom stereocenters. The summed E-state index contributed by atoms with van der Waals surface area (Å²) in [4.78, 5) is 25.6. The van der Waals surface area contributed by atoms with Crippen LogP contribution in [0.5, 0.6) is 0 Å². The SMILES string of the molecule is Cc1cnc(NCCCCc2csc(NC(N)=NCC(F)(F)F)n2)[nH]c1=O.